The van der Waals surface area contributed by atoms with E-state index >= 15 is 0 Å². The maximum Gasteiger partial charge on any atom is 0.109 e. The first kappa shape index (κ1) is 19.5. The van der Waals surface area contributed by atoms with Crippen LogP contribution in [-0.2, 0) is 11.8 Å². The summed E-state index contributed by atoms with van der Waals surface area (Å²) in [5.41, 5.74) is 3.02. The van der Waals surface area contributed by atoms with Crippen LogP contribution in [-0.4, -0.2) is 24.5 Å². The zero-order chi connectivity index (χ0) is 16.8. The number of benzene rings is 2. The van der Waals surface area contributed by atoms with E-state index in [2.05, 4.69) is 54.3 Å². The molecular weight excluding hydrogens is 328 g/mol. The molecule has 1 atom stereocenters. The number of halogens is 1. The van der Waals surface area contributed by atoms with E-state index in [1.807, 2.05) is 18.2 Å². The second-order valence-electron chi connectivity index (χ2n) is 6.69. The van der Waals surface area contributed by atoms with Crippen molar-refractivity contribution in [3.63, 3.8) is 0 Å². The van der Waals surface area contributed by atoms with Gasteiger partial charge in [-0.1, -0.05) is 61.5 Å². The van der Waals surface area contributed by atoms with Crippen LogP contribution >= 0.6 is 12.4 Å². The predicted molar refractivity (Wildman–Crippen MR) is 106 cm³/mol. The number of aryl methyl sites for hydroxylation is 1. The minimum Gasteiger partial charge on any atom is -0.303 e. The van der Waals surface area contributed by atoms with Crippen LogP contribution in [0.15, 0.2) is 54.6 Å². The number of hydrogen-bond donors (Lipinski definition) is 0. The normalized spacial score (nSPS) is 16.6. The first-order valence-corrected chi connectivity index (χ1v) is 9.07. The molecule has 0 spiro atoms. The molecule has 0 radical (unpaired) electrons. The summed E-state index contributed by atoms with van der Waals surface area (Å²) in [6, 6.07) is 21.5. The molecule has 0 bridgehead atoms. The average Bonchev–Trinajstić information content (AvgIpc) is 3.17. The molecule has 1 fully saturated rings. The van der Waals surface area contributed by atoms with Gasteiger partial charge in [0, 0.05) is 6.54 Å². The molecule has 0 amide bonds. The van der Waals surface area contributed by atoms with Crippen molar-refractivity contribution < 1.29 is 0 Å². The smallest absolute Gasteiger partial charge is 0.109 e. The molecule has 0 aromatic heterocycles. The molecule has 2 aromatic carbocycles. The van der Waals surface area contributed by atoms with Gasteiger partial charge in [-0.05, 0) is 55.5 Å². The fourth-order valence-corrected chi connectivity index (χ4v) is 3.91. The Morgan fingerprint density at radius 1 is 1.00 bits per heavy atom. The van der Waals surface area contributed by atoms with Crippen LogP contribution in [0.25, 0.3) is 0 Å². The van der Waals surface area contributed by atoms with Crippen LogP contribution in [0, 0.1) is 11.3 Å². The van der Waals surface area contributed by atoms with Crippen molar-refractivity contribution in [1.82, 2.24) is 4.90 Å². The van der Waals surface area contributed by atoms with Gasteiger partial charge < -0.3 is 4.90 Å². The standard InChI is InChI=1S/C22H26N2.ClH/c1-2-19-10-6-7-13-21(19)22(18-23,20-11-4-3-5-12-20)14-17-24-15-8-9-16-24;/h3-7,10-13H,2,8-9,14-17H2,1H3;1H. The van der Waals surface area contributed by atoms with Gasteiger partial charge in [0.25, 0.3) is 0 Å². The van der Waals surface area contributed by atoms with Gasteiger partial charge in [-0.15, -0.1) is 12.4 Å². The highest BCUT2D eigenvalue weighted by molar-refractivity contribution is 5.85. The molecule has 1 unspecified atom stereocenters. The summed E-state index contributed by atoms with van der Waals surface area (Å²) in [6.07, 6.45) is 4.38. The summed E-state index contributed by atoms with van der Waals surface area (Å²) < 4.78 is 0. The molecule has 1 heterocycles. The van der Waals surface area contributed by atoms with Crippen LogP contribution < -0.4 is 0 Å². The highest BCUT2D eigenvalue weighted by Crippen LogP contribution is 2.37. The van der Waals surface area contributed by atoms with Gasteiger partial charge in [0.1, 0.15) is 5.41 Å². The molecular formula is C22H27ClN2. The number of nitriles is 1. The highest BCUT2D eigenvalue weighted by Gasteiger charge is 2.36. The lowest BCUT2D eigenvalue weighted by Gasteiger charge is -2.31. The van der Waals surface area contributed by atoms with Gasteiger partial charge in [0.2, 0.25) is 0 Å². The zero-order valence-corrected chi connectivity index (χ0v) is 15.8. The third-order valence-electron chi connectivity index (χ3n) is 5.32. The van der Waals surface area contributed by atoms with Gasteiger partial charge >= 0.3 is 0 Å². The van der Waals surface area contributed by atoms with Crippen molar-refractivity contribution >= 4 is 12.4 Å². The number of rotatable bonds is 6. The van der Waals surface area contributed by atoms with E-state index < -0.39 is 5.41 Å². The minimum atomic E-state index is -0.559. The Kier molecular flexibility index (Phi) is 7.05. The molecule has 0 N–H and O–H groups in total. The Labute approximate surface area is 157 Å². The maximum atomic E-state index is 10.3. The Morgan fingerprint density at radius 2 is 1.64 bits per heavy atom. The molecule has 132 valence electrons. The van der Waals surface area contributed by atoms with Crippen LogP contribution in [0.5, 0.6) is 0 Å². The lowest BCUT2D eigenvalue weighted by Crippen LogP contribution is -2.33. The molecule has 1 aliphatic rings. The summed E-state index contributed by atoms with van der Waals surface area (Å²) in [4.78, 5) is 2.50. The third-order valence-corrected chi connectivity index (χ3v) is 5.32. The Bertz CT molecular complexity index is 701. The van der Waals surface area contributed by atoms with Gasteiger partial charge in [-0.25, -0.2) is 0 Å². The van der Waals surface area contributed by atoms with Crippen molar-refractivity contribution in [3.8, 4) is 6.07 Å². The van der Waals surface area contributed by atoms with E-state index in [9.17, 15) is 5.26 Å². The Morgan fingerprint density at radius 3 is 2.28 bits per heavy atom. The summed E-state index contributed by atoms with van der Waals surface area (Å²) >= 11 is 0. The van der Waals surface area contributed by atoms with Crippen molar-refractivity contribution in [3.05, 3.63) is 71.3 Å². The van der Waals surface area contributed by atoms with Gasteiger partial charge in [0.05, 0.1) is 6.07 Å². The summed E-state index contributed by atoms with van der Waals surface area (Å²) in [7, 11) is 0. The second kappa shape index (κ2) is 9.04. The molecule has 0 aliphatic carbocycles. The van der Waals surface area contributed by atoms with Crippen LogP contribution in [0.2, 0.25) is 0 Å². The predicted octanol–water partition coefficient (Wildman–Crippen LogP) is 4.97. The quantitative estimate of drug-likeness (QED) is 0.732. The zero-order valence-electron chi connectivity index (χ0n) is 14.9. The largest absolute Gasteiger partial charge is 0.303 e. The van der Waals surface area contributed by atoms with Crippen molar-refractivity contribution in [1.29, 1.82) is 5.26 Å². The van der Waals surface area contributed by atoms with Crippen molar-refractivity contribution in [2.75, 3.05) is 19.6 Å². The maximum absolute atomic E-state index is 10.3. The molecule has 3 heteroatoms. The van der Waals surface area contributed by atoms with E-state index in [0.717, 1.165) is 24.9 Å². The van der Waals surface area contributed by atoms with Gasteiger partial charge in [-0.3, -0.25) is 0 Å². The fraction of sp³-hybridized carbons (Fsp3) is 0.409. The fourth-order valence-electron chi connectivity index (χ4n) is 3.91. The lowest BCUT2D eigenvalue weighted by molar-refractivity contribution is 0.314. The van der Waals surface area contributed by atoms with E-state index in [0.29, 0.717) is 0 Å². The topological polar surface area (TPSA) is 27.0 Å². The Balaban J connectivity index is 0.00000225. The van der Waals surface area contributed by atoms with Gasteiger partial charge in [0.15, 0.2) is 0 Å². The van der Waals surface area contributed by atoms with Crippen molar-refractivity contribution in [2.24, 2.45) is 0 Å². The minimum absolute atomic E-state index is 0. The second-order valence-corrected chi connectivity index (χ2v) is 6.69. The summed E-state index contributed by atoms with van der Waals surface area (Å²) in [5, 5.41) is 10.3. The summed E-state index contributed by atoms with van der Waals surface area (Å²) in [5.74, 6) is 0. The molecule has 3 rings (SSSR count). The van der Waals surface area contributed by atoms with Crippen molar-refractivity contribution in [2.45, 2.75) is 38.0 Å². The summed E-state index contributed by atoms with van der Waals surface area (Å²) in [6.45, 7) is 5.50. The lowest BCUT2D eigenvalue weighted by atomic mass is 9.71. The monoisotopic (exact) mass is 354 g/mol. The third kappa shape index (κ3) is 4.06. The SMILES string of the molecule is CCc1ccccc1C(C#N)(CCN1CCCC1)c1ccccc1.Cl. The highest BCUT2D eigenvalue weighted by atomic mass is 35.5. The van der Waals surface area contributed by atoms with E-state index in [1.54, 1.807) is 0 Å². The number of hydrogen-bond acceptors (Lipinski definition) is 2. The number of likely N-dealkylation sites (tertiary alicyclic amines) is 1. The molecule has 2 nitrogen and oxygen atoms in total. The first-order chi connectivity index (χ1) is 11.8. The average molecular weight is 355 g/mol. The van der Waals surface area contributed by atoms with E-state index in [-0.39, 0.29) is 12.4 Å². The molecule has 2 aromatic rings. The van der Waals surface area contributed by atoms with Crippen LogP contribution in [0.3, 0.4) is 0 Å². The molecule has 1 saturated heterocycles. The van der Waals surface area contributed by atoms with Gasteiger partial charge in [-0.2, -0.15) is 5.26 Å². The Hall–Kier alpha value is -1.82. The molecule has 1 aliphatic heterocycles. The van der Waals surface area contributed by atoms with E-state index in [1.165, 1.54) is 37.1 Å². The molecule has 25 heavy (non-hydrogen) atoms. The van der Waals surface area contributed by atoms with E-state index in [4.69, 9.17) is 0 Å². The number of nitrogens with zero attached hydrogens (tertiary/aromatic N) is 2. The van der Waals surface area contributed by atoms with Crippen LogP contribution in [0.4, 0.5) is 0 Å². The first-order valence-electron chi connectivity index (χ1n) is 9.07. The molecule has 0 saturated carbocycles. The van der Waals surface area contributed by atoms with Crippen LogP contribution in [0.1, 0.15) is 42.9 Å².